The third-order valence-electron chi connectivity index (χ3n) is 3.46. The zero-order valence-electron chi connectivity index (χ0n) is 11.8. The molecule has 0 aliphatic carbocycles. The van der Waals surface area contributed by atoms with Crippen LogP contribution < -0.4 is 11.1 Å². The molecule has 1 heterocycles. The van der Waals surface area contributed by atoms with Crippen LogP contribution in [0, 0.1) is 5.92 Å². The van der Waals surface area contributed by atoms with Crippen molar-refractivity contribution in [1.82, 2.24) is 9.78 Å². The molecule has 0 spiro atoms. The lowest BCUT2D eigenvalue weighted by Crippen LogP contribution is -2.40. The molecule has 106 valence electrons. The molecular weight excluding hydrogens is 252 g/mol. The van der Waals surface area contributed by atoms with Crippen LogP contribution in [0.25, 0.3) is 5.69 Å². The van der Waals surface area contributed by atoms with Crippen molar-refractivity contribution in [2.24, 2.45) is 11.7 Å². The van der Waals surface area contributed by atoms with Crippen LogP contribution >= 0.6 is 0 Å². The third kappa shape index (κ3) is 3.24. The summed E-state index contributed by atoms with van der Waals surface area (Å²) in [5.41, 5.74) is 7.58. The average Bonchev–Trinajstić information content (AvgIpc) is 3.00. The molecule has 0 unspecified atom stereocenters. The Bertz CT molecular complexity index is 548. The number of carbonyl (C=O) groups is 1. The maximum Gasteiger partial charge on any atom is 0.241 e. The van der Waals surface area contributed by atoms with E-state index in [1.807, 2.05) is 50.4 Å². The molecule has 5 heteroatoms. The highest BCUT2D eigenvalue weighted by atomic mass is 16.2. The minimum absolute atomic E-state index is 0.147. The van der Waals surface area contributed by atoms with E-state index in [1.165, 1.54) is 0 Å². The van der Waals surface area contributed by atoms with Crippen LogP contribution in [0.4, 0.5) is 5.69 Å². The molecule has 3 N–H and O–H groups in total. The first-order chi connectivity index (χ1) is 9.61. The number of rotatable bonds is 5. The summed E-state index contributed by atoms with van der Waals surface area (Å²) in [6, 6.07) is 8.87. The zero-order valence-corrected chi connectivity index (χ0v) is 11.8. The van der Waals surface area contributed by atoms with Gasteiger partial charge in [0.15, 0.2) is 0 Å². The van der Waals surface area contributed by atoms with E-state index in [4.69, 9.17) is 5.73 Å². The van der Waals surface area contributed by atoms with Crippen LogP contribution in [0.5, 0.6) is 0 Å². The van der Waals surface area contributed by atoms with E-state index in [0.29, 0.717) is 0 Å². The number of nitrogens with one attached hydrogen (secondary N) is 1. The second kappa shape index (κ2) is 6.34. The van der Waals surface area contributed by atoms with E-state index in [9.17, 15) is 4.79 Å². The molecule has 2 atom stereocenters. The molecule has 5 nitrogen and oxygen atoms in total. The molecule has 0 saturated heterocycles. The van der Waals surface area contributed by atoms with Crippen molar-refractivity contribution in [3.05, 3.63) is 42.7 Å². The van der Waals surface area contributed by atoms with Crippen LogP contribution in [0.1, 0.15) is 20.3 Å². The normalized spacial score (nSPS) is 13.8. The smallest absolute Gasteiger partial charge is 0.241 e. The van der Waals surface area contributed by atoms with Crippen LogP contribution in [0.15, 0.2) is 42.7 Å². The number of hydrogen-bond donors (Lipinski definition) is 2. The van der Waals surface area contributed by atoms with Crippen molar-refractivity contribution in [2.75, 3.05) is 5.32 Å². The van der Waals surface area contributed by atoms with Gasteiger partial charge in [-0.15, -0.1) is 0 Å². The number of nitrogens with two attached hydrogens (primary N) is 1. The van der Waals surface area contributed by atoms with Crippen LogP contribution in [0.3, 0.4) is 0 Å². The molecular formula is C15H20N4O. The molecule has 0 aliphatic heterocycles. The Hall–Kier alpha value is -2.14. The molecule has 0 fully saturated rings. The SMILES string of the molecule is CC[C@H](C)[C@H](N)C(=O)Nc1ccc(-n2cccn2)cc1. The minimum Gasteiger partial charge on any atom is -0.325 e. The van der Waals surface area contributed by atoms with Gasteiger partial charge in [0, 0.05) is 18.1 Å². The van der Waals surface area contributed by atoms with E-state index in [2.05, 4.69) is 10.4 Å². The Morgan fingerprint density at radius 3 is 2.65 bits per heavy atom. The Kier molecular flexibility index (Phi) is 4.53. The summed E-state index contributed by atoms with van der Waals surface area (Å²) >= 11 is 0. The van der Waals surface area contributed by atoms with Gasteiger partial charge in [-0.2, -0.15) is 5.10 Å². The predicted molar refractivity (Wildman–Crippen MR) is 79.6 cm³/mol. The summed E-state index contributed by atoms with van der Waals surface area (Å²) in [7, 11) is 0. The van der Waals surface area contributed by atoms with Crippen molar-refractivity contribution in [1.29, 1.82) is 0 Å². The first kappa shape index (κ1) is 14.3. The lowest BCUT2D eigenvalue weighted by molar-refractivity contribution is -0.118. The molecule has 1 amide bonds. The molecule has 2 rings (SSSR count). The molecule has 1 aromatic heterocycles. The Balaban J connectivity index is 2.02. The summed E-state index contributed by atoms with van der Waals surface area (Å²) in [6.45, 7) is 4.00. The molecule has 1 aromatic carbocycles. The second-order valence-corrected chi connectivity index (χ2v) is 4.90. The van der Waals surface area contributed by atoms with Gasteiger partial charge in [-0.25, -0.2) is 4.68 Å². The second-order valence-electron chi connectivity index (χ2n) is 4.90. The van der Waals surface area contributed by atoms with Gasteiger partial charge in [0.1, 0.15) is 0 Å². The fourth-order valence-corrected chi connectivity index (χ4v) is 1.86. The summed E-state index contributed by atoms with van der Waals surface area (Å²) in [6.07, 6.45) is 4.47. The summed E-state index contributed by atoms with van der Waals surface area (Å²) in [4.78, 5) is 12.0. The lowest BCUT2D eigenvalue weighted by atomic mass is 9.99. The predicted octanol–water partition coefficient (Wildman–Crippen LogP) is 2.18. The van der Waals surface area contributed by atoms with E-state index < -0.39 is 6.04 Å². The van der Waals surface area contributed by atoms with E-state index >= 15 is 0 Å². The van der Waals surface area contributed by atoms with Crippen molar-refractivity contribution < 1.29 is 4.79 Å². The van der Waals surface area contributed by atoms with E-state index in [0.717, 1.165) is 17.8 Å². The highest BCUT2D eigenvalue weighted by Gasteiger charge is 2.19. The quantitative estimate of drug-likeness (QED) is 0.876. The van der Waals surface area contributed by atoms with E-state index in [1.54, 1.807) is 10.9 Å². The van der Waals surface area contributed by atoms with Crippen molar-refractivity contribution in [2.45, 2.75) is 26.3 Å². The van der Waals surface area contributed by atoms with Gasteiger partial charge in [0.25, 0.3) is 0 Å². The number of aromatic nitrogens is 2. The van der Waals surface area contributed by atoms with Gasteiger partial charge < -0.3 is 11.1 Å². The standard InChI is InChI=1S/C15H20N4O/c1-3-11(2)14(16)15(20)18-12-5-7-13(8-6-12)19-10-4-9-17-19/h4-11,14H,3,16H2,1-2H3,(H,18,20)/t11-,14-/m0/s1. The van der Waals surface area contributed by atoms with Gasteiger partial charge in [-0.05, 0) is 36.2 Å². The first-order valence-electron chi connectivity index (χ1n) is 6.78. The molecule has 0 saturated carbocycles. The van der Waals surface area contributed by atoms with Gasteiger partial charge in [-0.3, -0.25) is 4.79 Å². The highest BCUT2D eigenvalue weighted by molar-refractivity contribution is 5.94. The Labute approximate surface area is 118 Å². The number of carbonyl (C=O) groups excluding carboxylic acids is 1. The molecule has 0 radical (unpaired) electrons. The first-order valence-corrected chi connectivity index (χ1v) is 6.78. The van der Waals surface area contributed by atoms with Crippen LogP contribution in [-0.4, -0.2) is 21.7 Å². The van der Waals surface area contributed by atoms with Crippen molar-refractivity contribution in [3.63, 3.8) is 0 Å². The summed E-state index contributed by atoms with van der Waals surface area (Å²) in [5.74, 6) is 0.0181. The topological polar surface area (TPSA) is 72.9 Å². The van der Waals surface area contributed by atoms with E-state index in [-0.39, 0.29) is 11.8 Å². The Morgan fingerprint density at radius 1 is 1.40 bits per heavy atom. The zero-order chi connectivity index (χ0) is 14.5. The third-order valence-corrected chi connectivity index (χ3v) is 3.46. The maximum absolute atomic E-state index is 12.0. The largest absolute Gasteiger partial charge is 0.325 e. The monoisotopic (exact) mass is 272 g/mol. The number of anilines is 1. The summed E-state index contributed by atoms with van der Waals surface area (Å²) < 4.78 is 1.76. The number of amides is 1. The van der Waals surface area contributed by atoms with Crippen LogP contribution in [0.2, 0.25) is 0 Å². The Morgan fingerprint density at radius 2 is 2.10 bits per heavy atom. The lowest BCUT2D eigenvalue weighted by Gasteiger charge is -2.17. The highest BCUT2D eigenvalue weighted by Crippen LogP contribution is 2.14. The molecule has 20 heavy (non-hydrogen) atoms. The number of hydrogen-bond acceptors (Lipinski definition) is 3. The van der Waals surface area contributed by atoms with Gasteiger partial charge >= 0.3 is 0 Å². The minimum atomic E-state index is -0.481. The number of benzene rings is 1. The maximum atomic E-state index is 12.0. The molecule has 0 bridgehead atoms. The fourth-order valence-electron chi connectivity index (χ4n) is 1.86. The molecule has 2 aromatic rings. The van der Waals surface area contributed by atoms with Crippen LogP contribution in [-0.2, 0) is 4.79 Å². The van der Waals surface area contributed by atoms with Gasteiger partial charge in [0.05, 0.1) is 11.7 Å². The van der Waals surface area contributed by atoms with Gasteiger partial charge in [-0.1, -0.05) is 20.3 Å². The fraction of sp³-hybridized carbons (Fsp3) is 0.333. The van der Waals surface area contributed by atoms with Gasteiger partial charge in [0.2, 0.25) is 5.91 Å². The average molecular weight is 272 g/mol. The molecule has 0 aliphatic rings. The summed E-state index contributed by atoms with van der Waals surface area (Å²) in [5, 5.41) is 6.98. The van der Waals surface area contributed by atoms with Crippen molar-refractivity contribution in [3.8, 4) is 5.69 Å². The van der Waals surface area contributed by atoms with Crippen molar-refractivity contribution >= 4 is 11.6 Å². The number of nitrogens with zero attached hydrogens (tertiary/aromatic N) is 2.